The zero-order chi connectivity index (χ0) is 12.4. The van der Waals surface area contributed by atoms with Crippen molar-refractivity contribution < 1.29 is 4.79 Å². The molecule has 0 bridgehead atoms. The van der Waals surface area contributed by atoms with Gasteiger partial charge in [0.25, 0.3) is 0 Å². The molecule has 0 aliphatic heterocycles. The maximum absolute atomic E-state index is 12.3. The Morgan fingerprint density at radius 3 is 2.47 bits per heavy atom. The van der Waals surface area contributed by atoms with E-state index in [0.717, 1.165) is 25.7 Å². The monoisotopic (exact) mass is 271 g/mol. The van der Waals surface area contributed by atoms with Crippen LogP contribution in [-0.4, -0.2) is 11.8 Å². The first-order valence-electron chi connectivity index (χ1n) is 5.83. The summed E-state index contributed by atoms with van der Waals surface area (Å²) in [5, 5.41) is 0.805. The maximum Gasteiger partial charge on any atom is 0.167 e. The van der Waals surface area contributed by atoms with Crippen LogP contribution in [0.3, 0.4) is 0 Å². The highest BCUT2D eigenvalue weighted by atomic mass is 35.5. The van der Waals surface area contributed by atoms with Crippen molar-refractivity contribution in [3.05, 3.63) is 33.8 Å². The fourth-order valence-electron chi connectivity index (χ4n) is 2.30. The fourth-order valence-corrected chi connectivity index (χ4v) is 2.69. The summed E-state index contributed by atoms with van der Waals surface area (Å²) in [4.78, 5) is 12.3. The number of carbonyl (C=O) groups excluding carboxylic acids is 1. The largest absolute Gasteiger partial charge is 0.328 e. The summed E-state index contributed by atoms with van der Waals surface area (Å²) in [6.07, 6.45) is 3.52. The van der Waals surface area contributed by atoms with Crippen LogP contribution >= 0.6 is 23.2 Å². The first-order chi connectivity index (χ1) is 8.09. The Kier molecular flexibility index (Phi) is 4.08. The van der Waals surface area contributed by atoms with Crippen molar-refractivity contribution in [3.8, 4) is 0 Å². The fraction of sp³-hybridized carbons (Fsp3) is 0.462. The van der Waals surface area contributed by atoms with Crippen molar-refractivity contribution in [3.63, 3.8) is 0 Å². The molecule has 1 saturated carbocycles. The molecular formula is C13H15Cl2NO. The minimum Gasteiger partial charge on any atom is -0.328 e. The number of hydrogen-bond acceptors (Lipinski definition) is 2. The molecule has 1 fully saturated rings. The first kappa shape index (κ1) is 12.9. The number of carbonyl (C=O) groups is 1. The average molecular weight is 272 g/mol. The number of hydrogen-bond donors (Lipinski definition) is 1. The van der Waals surface area contributed by atoms with E-state index >= 15 is 0 Å². The molecule has 0 spiro atoms. The van der Waals surface area contributed by atoms with E-state index in [1.807, 2.05) is 0 Å². The van der Waals surface area contributed by atoms with Crippen molar-refractivity contribution in [2.45, 2.75) is 31.7 Å². The van der Waals surface area contributed by atoms with Gasteiger partial charge in [-0.15, -0.1) is 0 Å². The summed E-state index contributed by atoms with van der Waals surface area (Å²) < 4.78 is 0. The van der Waals surface area contributed by atoms with Crippen LogP contribution in [0.4, 0.5) is 0 Å². The highest BCUT2D eigenvalue weighted by molar-refractivity contribution is 6.43. The van der Waals surface area contributed by atoms with Crippen molar-refractivity contribution in [2.75, 3.05) is 0 Å². The normalized spacial score (nSPS) is 24.6. The van der Waals surface area contributed by atoms with Gasteiger partial charge in [0.05, 0.1) is 10.0 Å². The van der Waals surface area contributed by atoms with Crippen LogP contribution in [0.5, 0.6) is 0 Å². The summed E-state index contributed by atoms with van der Waals surface area (Å²) in [5.74, 6) is 0.148. The van der Waals surface area contributed by atoms with E-state index in [1.165, 1.54) is 0 Å². The number of rotatable bonds is 2. The molecule has 1 aliphatic rings. The van der Waals surface area contributed by atoms with Gasteiger partial charge < -0.3 is 5.73 Å². The minimum atomic E-state index is 0.0470. The van der Waals surface area contributed by atoms with Crippen LogP contribution in [0.1, 0.15) is 36.0 Å². The van der Waals surface area contributed by atoms with Crippen LogP contribution in [0, 0.1) is 5.92 Å². The Morgan fingerprint density at radius 2 is 1.82 bits per heavy atom. The molecule has 0 unspecified atom stereocenters. The lowest BCUT2D eigenvalue weighted by molar-refractivity contribution is 0.0885. The van der Waals surface area contributed by atoms with Crippen molar-refractivity contribution in [1.82, 2.24) is 0 Å². The summed E-state index contributed by atoms with van der Waals surface area (Å²) in [6.45, 7) is 0. The van der Waals surface area contributed by atoms with E-state index < -0.39 is 0 Å². The molecule has 1 aliphatic carbocycles. The molecule has 2 rings (SSSR count). The number of benzene rings is 1. The summed E-state index contributed by atoms with van der Waals surface area (Å²) in [6, 6.07) is 5.44. The lowest BCUT2D eigenvalue weighted by Crippen LogP contribution is -2.30. The molecule has 0 aromatic heterocycles. The van der Waals surface area contributed by atoms with Crippen LogP contribution < -0.4 is 5.73 Å². The third-order valence-electron chi connectivity index (χ3n) is 3.36. The summed E-state index contributed by atoms with van der Waals surface area (Å²) >= 11 is 12.0. The van der Waals surface area contributed by atoms with E-state index in [0.29, 0.717) is 15.6 Å². The number of nitrogens with two attached hydrogens (primary N) is 1. The molecule has 0 amide bonds. The minimum absolute atomic E-state index is 0.0470. The molecule has 0 saturated heterocycles. The number of halogens is 2. The second kappa shape index (κ2) is 5.38. The lowest BCUT2D eigenvalue weighted by Gasteiger charge is -2.25. The van der Waals surface area contributed by atoms with Gasteiger partial charge in [0.1, 0.15) is 0 Å². The Hall–Kier alpha value is -0.570. The molecule has 2 nitrogen and oxygen atoms in total. The topological polar surface area (TPSA) is 43.1 Å². The number of ketones is 1. The third kappa shape index (κ3) is 2.82. The van der Waals surface area contributed by atoms with Crippen LogP contribution in [-0.2, 0) is 0 Å². The summed E-state index contributed by atoms with van der Waals surface area (Å²) in [5.41, 5.74) is 6.37. The highest BCUT2D eigenvalue weighted by Crippen LogP contribution is 2.31. The Bertz CT molecular complexity index is 425. The Balaban J connectivity index is 2.17. The quantitative estimate of drug-likeness (QED) is 0.834. The maximum atomic E-state index is 12.3. The van der Waals surface area contributed by atoms with Gasteiger partial charge in [-0.3, -0.25) is 4.79 Å². The van der Waals surface area contributed by atoms with Gasteiger partial charge >= 0.3 is 0 Å². The molecule has 0 heterocycles. The van der Waals surface area contributed by atoms with Gasteiger partial charge in [-0.1, -0.05) is 29.3 Å². The van der Waals surface area contributed by atoms with E-state index in [2.05, 4.69) is 0 Å². The molecule has 1 aromatic carbocycles. The lowest BCUT2D eigenvalue weighted by atomic mass is 9.82. The van der Waals surface area contributed by atoms with Crippen LogP contribution in [0.2, 0.25) is 10.0 Å². The average Bonchev–Trinajstić information content (AvgIpc) is 2.33. The van der Waals surface area contributed by atoms with E-state index in [9.17, 15) is 4.79 Å². The van der Waals surface area contributed by atoms with Crippen molar-refractivity contribution >= 4 is 29.0 Å². The van der Waals surface area contributed by atoms with Crippen LogP contribution in [0.25, 0.3) is 0 Å². The molecule has 2 N–H and O–H groups in total. The van der Waals surface area contributed by atoms with E-state index in [-0.39, 0.29) is 17.7 Å². The summed E-state index contributed by atoms with van der Waals surface area (Å²) in [7, 11) is 0. The van der Waals surface area contributed by atoms with Crippen LogP contribution in [0.15, 0.2) is 18.2 Å². The van der Waals surface area contributed by atoms with Crippen molar-refractivity contribution in [1.29, 1.82) is 0 Å². The van der Waals surface area contributed by atoms with Gasteiger partial charge in [-0.25, -0.2) is 0 Å². The van der Waals surface area contributed by atoms with Crippen molar-refractivity contribution in [2.24, 2.45) is 11.7 Å². The molecule has 0 atom stereocenters. The number of Topliss-reactive ketones (excluding diaryl/α,β-unsaturated/α-hetero) is 1. The molecule has 17 heavy (non-hydrogen) atoms. The first-order valence-corrected chi connectivity index (χ1v) is 6.59. The molecule has 0 radical (unpaired) electrons. The van der Waals surface area contributed by atoms with Gasteiger partial charge in [0.15, 0.2) is 5.78 Å². The predicted molar refractivity (Wildman–Crippen MR) is 70.7 cm³/mol. The Morgan fingerprint density at radius 1 is 1.18 bits per heavy atom. The standard InChI is InChI=1S/C13H15Cl2NO/c14-11-3-1-2-10(12(11)15)13(17)8-4-6-9(16)7-5-8/h1-3,8-9H,4-7,16H2. The zero-order valence-corrected chi connectivity index (χ0v) is 11.0. The predicted octanol–water partition coefficient (Wildman–Crippen LogP) is 3.69. The smallest absolute Gasteiger partial charge is 0.167 e. The second-order valence-corrected chi connectivity index (χ2v) is 5.36. The second-order valence-electron chi connectivity index (χ2n) is 4.58. The zero-order valence-electron chi connectivity index (χ0n) is 9.46. The van der Waals surface area contributed by atoms with Gasteiger partial charge in [0, 0.05) is 17.5 Å². The van der Waals surface area contributed by atoms with Gasteiger partial charge in [-0.05, 0) is 37.8 Å². The molecule has 1 aromatic rings. The molecule has 4 heteroatoms. The molecular weight excluding hydrogens is 257 g/mol. The van der Waals surface area contributed by atoms with Gasteiger partial charge in [-0.2, -0.15) is 0 Å². The van der Waals surface area contributed by atoms with E-state index in [4.69, 9.17) is 28.9 Å². The third-order valence-corrected chi connectivity index (χ3v) is 4.18. The highest BCUT2D eigenvalue weighted by Gasteiger charge is 2.26. The van der Waals surface area contributed by atoms with E-state index in [1.54, 1.807) is 18.2 Å². The van der Waals surface area contributed by atoms with Gasteiger partial charge in [0.2, 0.25) is 0 Å². The SMILES string of the molecule is NC1CCC(C(=O)c2cccc(Cl)c2Cl)CC1. The molecule has 92 valence electrons. The Labute approximate surface area is 111 Å².